The van der Waals surface area contributed by atoms with Gasteiger partial charge in [-0.1, -0.05) is 64.1 Å². The Hall–Kier alpha value is -2.74. The van der Waals surface area contributed by atoms with Crippen LogP contribution in [0.5, 0.6) is 0 Å². The summed E-state index contributed by atoms with van der Waals surface area (Å²) in [7, 11) is 0. The van der Waals surface area contributed by atoms with Crippen molar-refractivity contribution in [3.8, 4) is 0 Å². The van der Waals surface area contributed by atoms with Gasteiger partial charge < -0.3 is 10.6 Å². The fourth-order valence-electron chi connectivity index (χ4n) is 3.20. The van der Waals surface area contributed by atoms with E-state index in [4.69, 9.17) is 58.0 Å². The van der Waals surface area contributed by atoms with Gasteiger partial charge >= 0.3 is 0 Å². The van der Waals surface area contributed by atoms with Crippen LogP contribution in [0, 0.1) is 0 Å². The molecule has 34 heavy (non-hydrogen) atoms. The van der Waals surface area contributed by atoms with Crippen LogP contribution in [0.15, 0.2) is 71.4 Å². The number of nitrogens with zero attached hydrogens (tertiary/aromatic N) is 1. The Morgan fingerprint density at radius 3 is 2.15 bits per heavy atom. The number of amides is 3. The molecule has 0 unspecified atom stereocenters. The van der Waals surface area contributed by atoms with E-state index in [1.807, 2.05) is 0 Å². The van der Waals surface area contributed by atoms with Crippen LogP contribution in [0.4, 0.5) is 17.1 Å². The number of rotatable bonds is 5. The number of nitrogens with one attached hydrogen (secondary N) is 2. The Kier molecular flexibility index (Phi) is 7.07. The molecule has 0 saturated heterocycles. The summed E-state index contributed by atoms with van der Waals surface area (Å²) in [6, 6.07) is 15.3. The highest BCUT2D eigenvalue weighted by Gasteiger charge is 2.40. The van der Waals surface area contributed by atoms with Crippen LogP contribution in [0.1, 0.15) is 10.4 Å². The van der Waals surface area contributed by atoms with Crippen molar-refractivity contribution >= 4 is 92.8 Å². The van der Waals surface area contributed by atoms with E-state index in [0.717, 1.165) is 4.90 Å². The average molecular weight is 556 g/mol. The highest BCUT2D eigenvalue weighted by Crippen LogP contribution is 2.36. The Morgan fingerprint density at radius 1 is 0.735 bits per heavy atom. The van der Waals surface area contributed by atoms with E-state index in [0.29, 0.717) is 21.4 Å². The molecule has 0 saturated carbocycles. The van der Waals surface area contributed by atoms with Gasteiger partial charge in [-0.25, -0.2) is 4.90 Å². The molecule has 1 heterocycles. The van der Waals surface area contributed by atoms with Gasteiger partial charge in [0.15, 0.2) is 0 Å². The molecule has 2 N–H and O–H groups in total. The van der Waals surface area contributed by atoms with Crippen molar-refractivity contribution < 1.29 is 14.4 Å². The first kappa shape index (κ1) is 24.4. The summed E-state index contributed by atoms with van der Waals surface area (Å²) in [6.07, 6.45) is 0. The van der Waals surface area contributed by atoms with E-state index < -0.39 is 17.7 Å². The number of anilines is 3. The van der Waals surface area contributed by atoms with Gasteiger partial charge in [-0.3, -0.25) is 14.4 Å². The monoisotopic (exact) mass is 553 g/mol. The van der Waals surface area contributed by atoms with Gasteiger partial charge in [-0.2, -0.15) is 0 Å². The summed E-state index contributed by atoms with van der Waals surface area (Å²) in [6.45, 7) is 0. The first-order chi connectivity index (χ1) is 16.1. The highest BCUT2D eigenvalue weighted by molar-refractivity contribution is 6.54. The summed E-state index contributed by atoms with van der Waals surface area (Å²) in [5.41, 5.74) is 0.973. The largest absolute Gasteiger partial charge is 0.350 e. The third-order valence-corrected chi connectivity index (χ3v) is 6.03. The summed E-state index contributed by atoms with van der Waals surface area (Å²) in [5.74, 6) is -1.92. The minimum absolute atomic E-state index is 0.104. The molecule has 0 spiro atoms. The zero-order valence-corrected chi connectivity index (χ0v) is 20.6. The predicted molar refractivity (Wildman–Crippen MR) is 136 cm³/mol. The maximum absolute atomic E-state index is 13.0. The first-order valence-corrected chi connectivity index (χ1v) is 11.4. The smallest absolute Gasteiger partial charge is 0.283 e. The minimum Gasteiger partial charge on any atom is -0.350 e. The van der Waals surface area contributed by atoms with E-state index >= 15 is 0 Å². The number of carbonyl (C=O) groups excluding carboxylic acids is 3. The number of hydrogen-bond acceptors (Lipinski definition) is 4. The molecule has 3 aromatic rings. The Labute approximate surface area is 219 Å². The van der Waals surface area contributed by atoms with Crippen LogP contribution >= 0.6 is 58.0 Å². The van der Waals surface area contributed by atoms with Crippen LogP contribution < -0.4 is 15.5 Å². The molecule has 3 aromatic carbocycles. The van der Waals surface area contributed by atoms with E-state index in [9.17, 15) is 14.4 Å². The van der Waals surface area contributed by atoms with Gasteiger partial charge in [0.25, 0.3) is 17.7 Å². The van der Waals surface area contributed by atoms with E-state index in [-0.39, 0.29) is 32.0 Å². The second-order valence-electron chi connectivity index (χ2n) is 7.05. The van der Waals surface area contributed by atoms with Gasteiger partial charge in [-0.05, 0) is 54.6 Å². The molecule has 0 radical (unpaired) electrons. The van der Waals surface area contributed by atoms with Crippen LogP contribution in [0.2, 0.25) is 20.1 Å². The molecule has 1 aliphatic rings. The standard InChI is InChI=1S/C23H12Cl5N3O3/c24-12-4-5-17(27)18(10-12)31-22(33)19(28)20(23(31)34)29-15-3-1-2-11(6-15)21(32)30-16-8-13(25)7-14(26)9-16/h1-10,29H,(H,30,32). The zero-order chi connectivity index (χ0) is 24.6. The molecule has 3 amide bonds. The van der Waals surface area contributed by atoms with Crippen LogP contribution in [-0.4, -0.2) is 17.7 Å². The van der Waals surface area contributed by atoms with Crippen molar-refractivity contribution in [2.75, 3.05) is 15.5 Å². The number of imide groups is 1. The lowest BCUT2D eigenvalue weighted by Crippen LogP contribution is -2.32. The van der Waals surface area contributed by atoms with Crippen molar-refractivity contribution in [3.63, 3.8) is 0 Å². The number of carbonyl (C=O) groups is 3. The van der Waals surface area contributed by atoms with Crippen LogP contribution in [-0.2, 0) is 9.59 Å². The highest BCUT2D eigenvalue weighted by atomic mass is 35.5. The third-order valence-electron chi connectivity index (χ3n) is 4.69. The molecular formula is C23H12Cl5N3O3. The van der Waals surface area contributed by atoms with E-state index in [2.05, 4.69) is 10.6 Å². The Balaban J connectivity index is 1.56. The molecule has 1 aliphatic heterocycles. The maximum Gasteiger partial charge on any atom is 0.283 e. The van der Waals surface area contributed by atoms with E-state index in [1.54, 1.807) is 36.4 Å². The van der Waals surface area contributed by atoms with Crippen molar-refractivity contribution in [3.05, 3.63) is 97.0 Å². The number of hydrogen-bond donors (Lipinski definition) is 2. The molecule has 172 valence electrons. The van der Waals surface area contributed by atoms with Crippen molar-refractivity contribution in [1.82, 2.24) is 0 Å². The minimum atomic E-state index is -0.759. The molecule has 11 heteroatoms. The molecule has 6 nitrogen and oxygen atoms in total. The summed E-state index contributed by atoms with van der Waals surface area (Å²) in [4.78, 5) is 39.2. The molecule has 0 bridgehead atoms. The molecular weight excluding hydrogens is 544 g/mol. The Bertz CT molecular complexity index is 1370. The van der Waals surface area contributed by atoms with Crippen molar-refractivity contribution in [2.45, 2.75) is 0 Å². The lowest BCUT2D eigenvalue weighted by atomic mass is 10.1. The number of halogens is 5. The summed E-state index contributed by atoms with van der Waals surface area (Å²) < 4.78 is 0. The Morgan fingerprint density at radius 2 is 1.44 bits per heavy atom. The molecule has 4 rings (SSSR count). The second-order valence-corrected chi connectivity index (χ2v) is 9.14. The third kappa shape index (κ3) is 5.02. The van der Waals surface area contributed by atoms with Gasteiger partial charge in [0, 0.05) is 32.0 Å². The lowest BCUT2D eigenvalue weighted by Gasteiger charge is -2.17. The average Bonchev–Trinajstić information content (AvgIpc) is 2.98. The first-order valence-electron chi connectivity index (χ1n) is 9.52. The SMILES string of the molecule is O=C(Nc1cc(Cl)cc(Cl)c1)c1cccc(NC2=C(Cl)C(=O)N(c3cc(Cl)ccc3Cl)C2=O)c1. The molecule has 0 fully saturated rings. The number of benzene rings is 3. The lowest BCUT2D eigenvalue weighted by molar-refractivity contribution is -0.120. The van der Waals surface area contributed by atoms with E-state index in [1.165, 1.54) is 24.3 Å². The normalized spacial score (nSPS) is 13.5. The molecule has 0 atom stereocenters. The van der Waals surface area contributed by atoms with Crippen LogP contribution in [0.25, 0.3) is 0 Å². The van der Waals surface area contributed by atoms with Crippen molar-refractivity contribution in [2.24, 2.45) is 0 Å². The summed E-state index contributed by atoms with van der Waals surface area (Å²) in [5, 5.41) is 6.36. The fraction of sp³-hybridized carbons (Fsp3) is 0. The quantitative estimate of drug-likeness (QED) is 0.333. The predicted octanol–water partition coefficient (Wildman–Crippen LogP) is 6.99. The maximum atomic E-state index is 13.0. The fourth-order valence-corrected chi connectivity index (χ4v) is 4.31. The van der Waals surface area contributed by atoms with Gasteiger partial charge in [0.1, 0.15) is 10.7 Å². The molecule has 0 aliphatic carbocycles. The van der Waals surface area contributed by atoms with Gasteiger partial charge in [-0.15, -0.1) is 0 Å². The summed E-state index contributed by atoms with van der Waals surface area (Å²) >= 11 is 30.3. The van der Waals surface area contributed by atoms with Crippen LogP contribution in [0.3, 0.4) is 0 Å². The molecule has 0 aromatic heterocycles. The van der Waals surface area contributed by atoms with Gasteiger partial charge in [0.05, 0.1) is 10.7 Å². The second kappa shape index (κ2) is 9.86. The van der Waals surface area contributed by atoms with Gasteiger partial charge in [0.2, 0.25) is 0 Å². The topological polar surface area (TPSA) is 78.5 Å². The zero-order valence-electron chi connectivity index (χ0n) is 16.8. The van der Waals surface area contributed by atoms with Crippen molar-refractivity contribution in [1.29, 1.82) is 0 Å².